The van der Waals surface area contributed by atoms with Crippen molar-refractivity contribution in [1.29, 1.82) is 0 Å². The van der Waals surface area contributed by atoms with Crippen LogP contribution >= 0.6 is 0 Å². The van der Waals surface area contributed by atoms with Crippen LogP contribution in [-0.4, -0.2) is 10.7 Å². The van der Waals surface area contributed by atoms with Gasteiger partial charge in [-0.3, -0.25) is 0 Å². The van der Waals surface area contributed by atoms with E-state index in [2.05, 4.69) is 20.8 Å². The van der Waals surface area contributed by atoms with Gasteiger partial charge in [0.1, 0.15) is 0 Å². The monoisotopic (exact) mass is 156 g/mol. The maximum atomic E-state index is 10.2. The summed E-state index contributed by atoms with van der Waals surface area (Å²) in [6.45, 7) is 6.53. The molecule has 0 bridgehead atoms. The number of rotatable bonds is 2. The second kappa shape index (κ2) is 2.78. The first kappa shape index (κ1) is 9.05. The molecule has 0 saturated heterocycles. The van der Waals surface area contributed by atoms with Gasteiger partial charge in [0.2, 0.25) is 0 Å². The van der Waals surface area contributed by atoms with Crippen LogP contribution in [0.4, 0.5) is 0 Å². The summed E-state index contributed by atoms with van der Waals surface area (Å²) in [7, 11) is 0. The van der Waals surface area contributed by atoms with E-state index in [0.717, 1.165) is 19.3 Å². The summed E-state index contributed by atoms with van der Waals surface area (Å²) in [6.07, 6.45) is 5.46. The van der Waals surface area contributed by atoms with Gasteiger partial charge in [-0.25, -0.2) is 0 Å². The van der Waals surface area contributed by atoms with Gasteiger partial charge >= 0.3 is 0 Å². The number of aliphatic hydroxyl groups is 1. The molecule has 0 spiro atoms. The van der Waals surface area contributed by atoms with Crippen LogP contribution in [-0.2, 0) is 0 Å². The van der Waals surface area contributed by atoms with Crippen LogP contribution in [0.2, 0.25) is 0 Å². The van der Waals surface area contributed by atoms with E-state index in [0.29, 0.717) is 0 Å². The Bertz CT molecular complexity index is 140. The molecule has 1 heteroatoms. The zero-order valence-corrected chi connectivity index (χ0v) is 7.98. The maximum absolute atomic E-state index is 10.2. The molecule has 0 radical (unpaired) electrons. The highest BCUT2D eigenvalue weighted by atomic mass is 16.3. The van der Waals surface area contributed by atoms with Crippen molar-refractivity contribution in [3.05, 3.63) is 0 Å². The van der Waals surface area contributed by atoms with Gasteiger partial charge in [-0.05, 0) is 31.1 Å². The second-order valence-corrected chi connectivity index (χ2v) is 4.52. The highest BCUT2D eigenvalue weighted by Crippen LogP contribution is 2.48. The minimum Gasteiger partial charge on any atom is -0.389 e. The molecule has 0 aliphatic heterocycles. The van der Waals surface area contributed by atoms with Gasteiger partial charge in [0.05, 0.1) is 5.60 Å². The van der Waals surface area contributed by atoms with E-state index >= 15 is 0 Å². The third-order valence-corrected chi connectivity index (χ3v) is 3.32. The smallest absolute Gasteiger partial charge is 0.0698 e. The quantitative estimate of drug-likeness (QED) is 0.651. The zero-order chi connectivity index (χ0) is 8.54. The average Bonchev–Trinajstić information content (AvgIpc) is 2.09. The summed E-state index contributed by atoms with van der Waals surface area (Å²) in [5.41, 5.74) is -0.204. The molecule has 0 aromatic carbocycles. The minimum absolute atomic E-state index is 0.156. The Balaban J connectivity index is 2.68. The highest BCUT2D eigenvalue weighted by Gasteiger charge is 2.46. The fourth-order valence-electron chi connectivity index (χ4n) is 2.27. The van der Waals surface area contributed by atoms with E-state index < -0.39 is 0 Å². The van der Waals surface area contributed by atoms with E-state index in [1.54, 1.807) is 0 Å². The van der Waals surface area contributed by atoms with E-state index in [1.165, 1.54) is 12.8 Å². The van der Waals surface area contributed by atoms with Crippen molar-refractivity contribution in [2.75, 3.05) is 0 Å². The van der Waals surface area contributed by atoms with Crippen LogP contribution in [0.15, 0.2) is 0 Å². The number of hydrogen-bond acceptors (Lipinski definition) is 1. The van der Waals surface area contributed by atoms with Gasteiger partial charge in [0, 0.05) is 0 Å². The summed E-state index contributed by atoms with van der Waals surface area (Å²) in [5.74, 6) is 0. The Morgan fingerprint density at radius 2 is 1.91 bits per heavy atom. The van der Waals surface area contributed by atoms with Gasteiger partial charge in [-0.15, -0.1) is 0 Å². The lowest BCUT2D eigenvalue weighted by molar-refractivity contribution is -0.0498. The molecule has 1 aliphatic carbocycles. The second-order valence-electron chi connectivity index (χ2n) is 4.52. The summed E-state index contributed by atoms with van der Waals surface area (Å²) in [5, 5.41) is 10.2. The van der Waals surface area contributed by atoms with Gasteiger partial charge < -0.3 is 5.11 Å². The molecule has 11 heavy (non-hydrogen) atoms. The first-order valence-corrected chi connectivity index (χ1v) is 4.74. The molecule has 0 heterocycles. The predicted molar refractivity (Wildman–Crippen MR) is 47.5 cm³/mol. The van der Waals surface area contributed by atoms with Gasteiger partial charge in [-0.1, -0.05) is 27.2 Å². The highest BCUT2D eigenvalue weighted by molar-refractivity contribution is 4.98. The lowest BCUT2D eigenvalue weighted by atomic mass is 9.75. The molecule has 1 unspecified atom stereocenters. The van der Waals surface area contributed by atoms with Crippen molar-refractivity contribution < 1.29 is 5.11 Å². The molecular formula is C10H20O. The lowest BCUT2D eigenvalue weighted by Gasteiger charge is -2.36. The molecule has 1 N–H and O–H groups in total. The van der Waals surface area contributed by atoms with Crippen LogP contribution in [0.5, 0.6) is 0 Å². The summed E-state index contributed by atoms with van der Waals surface area (Å²) in [4.78, 5) is 0. The van der Waals surface area contributed by atoms with Crippen LogP contribution in [0.25, 0.3) is 0 Å². The molecule has 1 fully saturated rings. The lowest BCUT2D eigenvalue weighted by Crippen LogP contribution is -2.39. The van der Waals surface area contributed by atoms with Gasteiger partial charge in [0.15, 0.2) is 0 Å². The first-order valence-electron chi connectivity index (χ1n) is 4.74. The molecule has 0 amide bonds. The Morgan fingerprint density at radius 1 is 1.27 bits per heavy atom. The molecular weight excluding hydrogens is 136 g/mol. The molecule has 0 aromatic rings. The normalized spacial score (nSPS) is 36.0. The summed E-state index contributed by atoms with van der Waals surface area (Å²) in [6, 6.07) is 0. The zero-order valence-electron chi connectivity index (χ0n) is 7.98. The fraction of sp³-hybridized carbons (Fsp3) is 1.00. The minimum atomic E-state index is -0.359. The molecule has 0 aromatic heterocycles. The van der Waals surface area contributed by atoms with Crippen molar-refractivity contribution in [1.82, 2.24) is 0 Å². The van der Waals surface area contributed by atoms with Gasteiger partial charge in [-0.2, -0.15) is 0 Å². The summed E-state index contributed by atoms with van der Waals surface area (Å²) < 4.78 is 0. The van der Waals surface area contributed by atoms with Crippen LogP contribution in [0.1, 0.15) is 52.9 Å². The third kappa shape index (κ3) is 1.44. The van der Waals surface area contributed by atoms with E-state index in [-0.39, 0.29) is 11.0 Å². The molecule has 1 aliphatic rings. The maximum Gasteiger partial charge on any atom is 0.0698 e. The molecule has 1 rings (SSSR count). The SMILES string of the molecule is CCCC1(O)CCCC1(C)C. The van der Waals surface area contributed by atoms with Crippen molar-refractivity contribution in [3.8, 4) is 0 Å². The molecule has 1 atom stereocenters. The first-order chi connectivity index (χ1) is 5.02. The van der Waals surface area contributed by atoms with E-state index in [1.807, 2.05) is 0 Å². The number of hydrogen-bond donors (Lipinski definition) is 1. The molecule has 1 nitrogen and oxygen atoms in total. The van der Waals surface area contributed by atoms with Crippen LogP contribution in [0.3, 0.4) is 0 Å². The predicted octanol–water partition coefficient (Wildman–Crippen LogP) is 2.73. The Morgan fingerprint density at radius 3 is 2.27 bits per heavy atom. The topological polar surface area (TPSA) is 20.2 Å². The Labute approximate surface area is 69.8 Å². The van der Waals surface area contributed by atoms with Crippen LogP contribution in [0, 0.1) is 5.41 Å². The van der Waals surface area contributed by atoms with Crippen molar-refractivity contribution in [3.63, 3.8) is 0 Å². The van der Waals surface area contributed by atoms with Crippen LogP contribution < -0.4 is 0 Å². The Kier molecular flexibility index (Phi) is 2.29. The molecule has 66 valence electrons. The standard InChI is InChI=1S/C10H20O/c1-4-6-10(11)8-5-7-9(10,2)3/h11H,4-8H2,1-3H3. The van der Waals surface area contributed by atoms with Crippen molar-refractivity contribution >= 4 is 0 Å². The average molecular weight is 156 g/mol. The Hall–Kier alpha value is -0.0400. The molecule has 1 saturated carbocycles. The van der Waals surface area contributed by atoms with E-state index in [9.17, 15) is 5.11 Å². The van der Waals surface area contributed by atoms with Gasteiger partial charge in [0.25, 0.3) is 0 Å². The third-order valence-electron chi connectivity index (χ3n) is 3.32. The van der Waals surface area contributed by atoms with Crippen molar-refractivity contribution in [2.45, 2.75) is 58.5 Å². The largest absolute Gasteiger partial charge is 0.389 e. The van der Waals surface area contributed by atoms with E-state index in [4.69, 9.17) is 0 Å². The summed E-state index contributed by atoms with van der Waals surface area (Å²) >= 11 is 0. The van der Waals surface area contributed by atoms with Crippen molar-refractivity contribution in [2.24, 2.45) is 5.41 Å². The fourth-order valence-corrected chi connectivity index (χ4v) is 2.27.